The maximum Gasteiger partial charge on any atom is 0.225 e. The van der Waals surface area contributed by atoms with Crippen molar-refractivity contribution in [1.29, 1.82) is 0 Å². The van der Waals surface area contributed by atoms with Crippen LogP contribution in [0.3, 0.4) is 0 Å². The fourth-order valence-corrected chi connectivity index (χ4v) is 2.37. The van der Waals surface area contributed by atoms with Gasteiger partial charge in [-0.3, -0.25) is 4.90 Å². The SMILES string of the molecule is CC1CN(c2ncc(CCN)cn2)CC(C)N1C. The van der Waals surface area contributed by atoms with Crippen LogP contribution in [0.5, 0.6) is 0 Å². The lowest BCUT2D eigenvalue weighted by atomic mass is 10.1. The van der Waals surface area contributed by atoms with Crippen LogP contribution in [-0.4, -0.2) is 53.6 Å². The van der Waals surface area contributed by atoms with E-state index in [1.54, 1.807) is 0 Å². The van der Waals surface area contributed by atoms with Gasteiger partial charge in [-0.1, -0.05) is 0 Å². The van der Waals surface area contributed by atoms with Crippen molar-refractivity contribution >= 4 is 5.95 Å². The second-order valence-corrected chi connectivity index (χ2v) is 5.20. The molecule has 5 heteroatoms. The van der Waals surface area contributed by atoms with Crippen molar-refractivity contribution < 1.29 is 0 Å². The zero-order chi connectivity index (χ0) is 13.1. The van der Waals surface area contributed by atoms with E-state index in [2.05, 4.69) is 40.7 Å². The molecule has 1 aliphatic rings. The number of anilines is 1. The summed E-state index contributed by atoms with van der Waals surface area (Å²) < 4.78 is 0. The molecule has 0 aromatic carbocycles. The third-order valence-electron chi connectivity index (χ3n) is 3.77. The molecular formula is C13H23N5. The smallest absolute Gasteiger partial charge is 0.225 e. The van der Waals surface area contributed by atoms with E-state index in [0.717, 1.165) is 31.0 Å². The molecule has 1 fully saturated rings. The van der Waals surface area contributed by atoms with Gasteiger partial charge in [0.05, 0.1) is 0 Å². The summed E-state index contributed by atoms with van der Waals surface area (Å²) >= 11 is 0. The van der Waals surface area contributed by atoms with E-state index in [4.69, 9.17) is 5.73 Å². The lowest BCUT2D eigenvalue weighted by Crippen LogP contribution is -2.55. The largest absolute Gasteiger partial charge is 0.338 e. The molecule has 1 aromatic heterocycles. The van der Waals surface area contributed by atoms with Gasteiger partial charge in [0.25, 0.3) is 0 Å². The zero-order valence-electron chi connectivity index (χ0n) is 11.5. The van der Waals surface area contributed by atoms with Gasteiger partial charge in [-0.05, 0) is 39.4 Å². The highest BCUT2D eigenvalue weighted by atomic mass is 15.3. The van der Waals surface area contributed by atoms with Crippen LogP contribution in [0.25, 0.3) is 0 Å². The maximum absolute atomic E-state index is 5.52. The Labute approximate surface area is 109 Å². The Bertz CT molecular complexity index is 365. The number of piperazine rings is 1. The van der Waals surface area contributed by atoms with E-state index in [9.17, 15) is 0 Å². The summed E-state index contributed by atoms with van der Waals surface area (Å²) in [4.78, 5) is 13.6. The Morgan fingerprint density at radius 2 is 1.78 bits per heavy atom. The van der Waals surface area contributed by atoms with Crippen LogP contribution in [0, 0.1) is 0 Å². The number of hydrogen-bond donors (Lipinski definition) is 1. The first-order chi connectivity index (χ1) is 8.61. The number of aromatic nitrogens is 2. The minimum absolute atomic E-state index is 0.529. The fraction of sp³-hybridized carbons (Fsp3) is 0.692. The number of likely N-dealkylation sites (N-methyl/N-ethyl adjacent to an activating group) is 1. The molecule has 2 unspecified atom stereocenters. The highest BCUT2D eigenvalue weighted by Gasteiger charge is 2.27. The van der Waals surface area contributed by atoms with E-state index in [-0.39, 0.29) is 0 Å². The summed E-state index contributed by atoms with van der Waals surface area (Å²) in [5.41, 5.74) is 6.63. The third-order valence-corrected chi connectivity index (χ3v) is 3.77. The van der Waals surface area contributed by atoms with Gasteiger partial charge in [-0.2, -0.15) is 0 Å². The first kappa shape index (κ1) is 13.2. The van der Waals surface area contributed by atoms with E-state index >= 15 is 0 Å². The molecule has 2 heterocycles. The molecule has 100 valence electrons. The zero-order valence-corrected chi connectivity index (χ0v) is 11.5. The average molecular weight is 249 g/mol. The molecule has 1 aromatic rings. The van der Waals surface area contributed by atoms with Gasteiger partial charge in [0.1, 0.15) is 0 Å². The van der Waals surface area contributed by atoms with Crippen LogP contribution < -0.4 is 10.6 Å². The summed E-state index contributed by atoms with van der Waals surface area (Å²) in [6.07, 6.45) is 4.63. The van der Waals surface area contributed by atoms with Crippen molar-refractivity contribution in [3.8, 4) is 0 Å². The number of hydrogen-bond acceptors (Lipinski definition) is 5. The van der Waals surface area contributed by atoms with Crippen LogP contribution in [0.15, 0.2) is 12.4 Å². The van der Waals surface area contributed by atoms with Gasteiger partial charge < -0.3 is 10.6 Å². The molecule has 2 N–H and O–H groups in total. The molecule has 0 aliphatic carbocycles. The van der Waals surface area contributed by atoms with Crippen molar-refractivity contribution in [2.45, 2.75) is 32.4 Å². The maximum atomic E-state index is 5.52. The van der Waals surface area contributed by atoms with Gasteiger partial charge in [0.15, 0.2) is 0 Å². The minimum atomic E-state index is 0.529. The van der Waals surface area contributed by atoms with Crippen LogP contribution in [0.4, 0.5) is 5.95 Å². The van der Waals surface area contributed by atoms with Gasteiger partial charge in [-0.15, -0.1) is 0 Å². The number of nitrogens with zero attached hydrogens (tertiary/aromatic N) is 4. The standard InChI is InChI=1S/C13H23N5/c1-10-8-18(9-11(2)17(10)3)13-15-6-12(4-5-14)7-16-13/h6-7,10-11H,4-5,8-9,14H2,1-3H3. The summed E-state index contributed by atoms with van der Waals surface area (Å²) in [6.45, 7) is 7.09. The molecule has 0 saturated carbocycles. The quantitative estimate of drug-likeness (QED) is 0.845. The van der Waals surface area contributed by atoms with Crippen LogP contribution >= 0.6 is 0 Å². The van der Waals surface area contributed by atoms with Crippen molar-refractivity contribution in [1.82, 2.24) is 14.9 Å². The normalized spacial score (nSPS) is 25.4. The lowest BCUT2D eigenvalue weighted by molar-refractivity contribution is 0.169. The molecule has 0 amide bonds. The molecular weight excluding hydrogens is 226 g/mol. The van der Waals surface area contributed by atoms with Crippen molar-refractivity contribution in [3.05, 3.63) is 18.0 Å². The average Bonchev–Trinajstić information content (AvgIpc) is 2.37. The predicted molar refractivity (Wildman–Crippen MR) is 73.7 cm³/mol. The van der Waals surface area contributed by atoms with Gasteiger partial charge >= 0.3 is 0 Å². The van der Waals surface area contributed by atoms with Crippen LogP contribution in [0.2, 0.25) is 0 Å². The summed E-state index contributed by atoms with van der Waals surface area (Å²) in [6, 6.07) is 1.06. The fourth-order valence-electron chi connectivity index (χ4n) is 2.37. The Morgan fingerprint density at radius 3 is 2.28 bits per heavy atom. The van der Waals surface area contributed by atoms with E-state index < -0.39 is 0 Å². The molecule has 5 nitrogen and oxygen atoms in total. The number of nitrogens with two attached hydrogens (primary N) is 1. The van der Waals surface area contributed by atoms with Crippen molar-refractivity contribution in [3.63, 3.8) is 0 Å². The Hall–Kier alpha value is -1.20. The molecule has 1 saturated heterocycles. The molecule has 18 heavy (non-hydrogen) atoms. The van der Waals surface area contributed by atoms with Crippen LogP contribution in [-0.2, 0) is 6.42 Å². The Morgan fingerprint density at radius 1 is 1.22 bits per heavy atom. The predicted octanol–water partition coefficient (Wildman–Crippen LogP) is 0.507. The lowest BCUT2D eigenvalue weighted by Gasteiger charge is -2.42. The van der Waals surface area contributed by atoms with Gasteiger partial charge in [-0.25, -0.2) is 9.97 Å². The molecule has 2 rings (SSSR count). The van der Waals surface area contributed by atoms with E-state index in [0.29, 0.717) is 18.6 Å². The Kier molecular flexibility index (Phi) is 4.14. The third kappa shape index (κ3) is 2.79. The highest BCUT2D eigenvalue weighted by Crippen LogP contribution is 2.17. The van der Waals surface area contributed by atoms with E-state index in [1.807, 2.05) is 12.4 Å². The summed E-state index contributed by atoms with van der Waals surface area (Å²) in [5.74, 6) is 0.836. The second kappa shape index (κ2) is 5.63. The van der Waals surface area contributed by atoms with E-state index in [1.165, 1.54) is 0 Å². The first-order valence-electron chi connectivity index (χ1n) is 6.59. The summed E-state index contributed by atoms with van der Waals surface area (Å²) in [7, 11) is 2.18. The summed E-state index contributed by atoms with van der Waals surface area (Å²) in [5, 5.41) is 0. The second-order valence-electron chi connectivity index (χ2n) is 5.20. The van der Waals surface area contributed by atoms with Gasteiger partial charge in [0.2, 0.25) is 5.95 Å². The minimum Gasteiger partial charge on any atom is -0.338 e. The molecule has 0 bridgehead atoms. The molecule has 1 aliphatic heterocycles. The van der Waals surface area contributed by atoms with Gasteiger partial charge in [0, 0.05) is 37.6 Å². The number of rotatable bonds is 3. The highest BCUT2D eigenvalue weighted by molar-refractivity contribution is 5.31. The molecule has 0 radical (unpaired) electrons. The van der Waals surface area contributed by atoms with Crippen LogP contribution in [0.1, 0.15) is 19.4 Å². The first-order valence-corrected chi connectivity index (χ1v) is 6.59. The van der Waals surface area contributed by atoms with Crippen molar-refractivity contribution in [2.24, 2.45) is 5.73 Å². The topological polar surface area (TPSA) is 58.3 Å². The Balaban J connectivity index is 2.07. The molecule has 0 spiro atoms. The molecule has 2 atom stereocenters. The van der Waals surface area contributed by atoms with Crippen molar-refractivity contribution in [2.75, 3.05) is 31.6 Å². The monoisotopic (exact) mass is 249 g/mol.